The van der Waals surface area contributed by atoms with Gasteiger partial charge in [0.1, 0.15) is 16.9 Å². The Kier molecular flexibility index (Phi) is 3.63. The summed E-state index contributed by atoms with van der Waals surface area (Å²) in [6, 6.07) is 13.3. The highest BCUT2D eigenvalue weighted by Crippen LogP contribution is 2.39. The second kappa shape index (κ2) is 5.96. The zero-order chi connectivity index (χ0) is 19.5. The Labute approximate surface area is 162 Å². The maximum atomic E-state index is 13.2. The van der Waals surface area contributed by atoms with Gasteiger partial charge in [0.15, 0.2) is 11.5 Å². The fraction of sp³-hybridized carbons (Fsp3) is 0.304. The van der Waals surface area contributed by atoms with Crippen LogP contribution in [0.2, 0.25) is 0 Å². The second-order valence-electron chi connectivity index (χ2n) is 7.91. The van der Waals surface area contributed by atoms with E-state index >= 15 is 0 Å². The molecule has 0 aliphatic carbocycles. The number of likely N-dealkylation sites (tertiary alicyclic amines) is 1. The van der Waals surface area contributed by atoms with E-state index in [0.717, 1.165) is 22.1 Å². The lowest BCUT2D eigenvalue weighted by Gasteiger charge is -2.34. The Morgan fingerprint density at radius 1 is 1.14 bits per heavy atom. The van der Waals surface area contributed by atoms with Crippen molar-refractivity contribution in [2.24, 2.45) is 0 Å². The quantitative estimate of drug-likeness (QED) is 0.636. The van der Waals surface area contributed by atoms with Crippen LogP contribution in [-0.4, -0.2) is 35.3 Å². The minimum absolute atomic E-state index is 0.0755. The lowest BCUT2D eigenvalue weighted by molar-refractivity contribution is 0.0422. The highest BCUT2D eigenvalue weighted by Gasteiger charge is 2.47. The molecule has 1 aromatic heterocycles. The standard InChI is InChI=1S/C23H21NO4/c1-14-7-8-16-15(2)21(27-20(16)11-14)22(26)24-10-9-23(13-24)12-18(25)17-5-3-4-6-19(17)28-23/h3-8,11H,9-10,12-13H2,1-2H3/t23-/m1/s1. The van der Waals surface area contributed by atoms with Crippen molar-refractivity contribution in [3.63, 3.8) is 0 Å². The minimum Gasteiger partial charge on any atom is -0.484 e. The van der Waals surface area contributed by atoms with Crippen LogP contribution >= 0.6 is 0 Å². The fourth-order valence-electron chi connectivity index (χ4n) is 4.37. The first kappa shape index (κ1) is 17.0. The molecule has 0 saturated carbocycles. The molecule has 0 radical (unpaired) electrons. The van der Waals surface area contributed by atoms with Crippen molar-refractivity contribution in [1.82, 2.24) is 4.90 Å². The number of benzene rings is 2. The normalized spacial score (nSPS) is 21.2. The van der Waals surface area contributed by atoms with E-state index in [0.29, 0.717) is 43.0 Å². The second-order valence-corrected chi connectivity index (χ2v) is 7.91. The molecule has 1 fully saturated rings. The van der Waals surface area contributed by atoms with Crippen molar-refractivity contribution in [2.75, 3.05) is 13.1 Å². The molecule has 3 heterocycles. The summed E-state index contributed by atoms with van der Waals surface area (Å²) in [6.45, 7) is 4.85. The van der Waals surface area contributed by atoms with E-state index < -0.39 is 5.60 Å². The Hall–Kier alpha value is -3.08. The van der Waals surface area contributed by atoms with Crippen molar-refractivity contribution in [3.8, 4) is 5.75 Å². The number of Topliss-reactive ketones (excluding diaryl/α,β-unsaturated/α-hetero) is 1. The first-order valence-electron chi connectivity index (χ1n) is 9.56. The first-order valence-corrected chi connectivity index (χ1v) is 9.56. The van der Waals surface area contributed by atoms with Gasteiger partial charge in [-0.3, -0.25) is 9.59 Å². The monoisotopic (exact) mass is 375 g/mol. The summed E-state index contributed by atoms with van der Waals surface area (Å²) >= 11 is 0. The minimum atomic E-state index is -0.641. The SMILES string of the molecule is Cc1ccc2c(C)c(C(=O)N3CC[C@@]4(CC(=O)c5ccccc5O4)C3)oc2c1. The number of carbonyl (C=O) groups is 2. The summed E-state index contributed by atoms with van der Waals surface area (Å²) in [7, 11) is 0. The van der Waals surface area contributed by atoms with Gasteiger partial charge in [0.05, 0.1) is 18.5 Å². The number of ketones is 1. The van der Waals surface area contributed by atoms with Crippen LogP contribution in [0.4, 0.5) is 0 Å². The van der Waals surface area contributed by atoms with Crippen LogP contribution in [0, 0.1) is 13.8 Å². The van der Waals surface area contributed by atoms with E-state index in [1.807, 2.05) is 50.2 Å². The van der Waals surface area contributed by atoms with Gasteiger partial charge in [0.2, 0.25) is 0 Å². The number of amides is 1. The van der Waals surface area contributed by atoms with Crippen LogP contribution in [0.1, 0.15) is 44.9 Å². The average Bonchev–Trinajstić information content (AvgIpc) is 3.22. The highest BCUT2D eigenvalue weighted by atomic mass is 16.5. The van der Waals surface area contributed by atoms with Gasteiger partial charge in [-0.15, -0.1) is 0 Å². The van der Waals surface area contributed by atoms with E-state index in [9.17, 15) is 9.59 Å². The maximum absolute atomic E-state index is 13.2. The molecule has 1 atom stereocenters. The molecule has 0 N–H and O–H groups in total. The van der Waals surface area contributed by atoms with Gasteiger partial charge in [0, 0.05) is 23.9 Å². The van der Waals surface area contributed by atoms with E-state index in [2.05, 4.69) is 0 Å². The van der Waals surface area contributed by atoms with Crippen LogP contribution in [0.3, 0.4) is 0 Å². The van der Waals surface area contributed by atoms with Crippen LogP contribution in [-0.2, 0) is 0 Å². The van der Waals surface area contributed by atoms with E-state index in [1.54, 1.807) is 11.0 Å². The smallest absolute Gasteiger partial charge is 0.290 e. The Balaban J connectivity index is 1.43. The molecule has 2 aromatic carbocycles. The molecule has 1 saturated heterocycles. The molecule has 5 rings (SSSR count). The molecule has 142 valence electrons. The number of nitrogens with zero attached hydrogens (tertiary/aromatic N) is 1. The summed E-state index contributed by atoms with van der Waals surface area (Å²) in [5.41, 5.74) is 2.66. The van der Waals surface area contributed by atoms with E-state index in [4.69, 9.17) is 9.15 Å². The van der Waals surface area contributed by atoms with Crippen LogP contribution in [0.15, 0.2) is 46.9 Å². The summed E-state index contributed by atoms with van der Waals surface area (Å²) in [5, 5.41) is 0.959. The van der Waals surface area contributed by atoms with Crippen molar-refractivity contribution in [2.45, 2.75) is 32.3 Å². The highest BCUT2D eigenvalue weighted by molar-refractivity contribution is 6.01. The van der Waals surface area contributed by atoms with Gasteiger partial charge < -0.3 is 14.1 Å². The summed E-state index contributed by atoms with van der Waals surface area (Å²) in [4.78, 5) is 27.5. The Morgan fingerprint density at radius 3 is 2.82 bits per heavy atom. The molecule has 28 heavy (non-hydrogen) atoms. The zero-order valence-electron chi connectivity index (χ0n) is 16.0. The van der Waals surface area contributed by atoms with Gasteiger partial charge in [-0.2, -0.15) is 0 Å². The van der Waals surface area contributed by atoms with E-state index in [-0.39, 0.29) is 11.7 Å². The lowest BCUT2D eigenvalue weighted by Crippen LogP contribution is -2.45. The van der Waals surface area contributed by atoms with Crippen LogP contribution < -0.4 is 4.74 Å². The Bertz CT molecular complexity index is 1130. The number of hydrogen-bond acceptors (Lipinski definition) is 4. The molecule has 1 spiro atoms. The number of hydrogen-bond donors (Lipinski definition) is 0. The number of ether oxygens (including phenoxy) is 1. The predicted octanol–water partition coefficient (Wildman–Crippen LogP) is 4.30. The first-order chi connectivity index (χ1) is 13.5. The third-order valence-corrected chi connectivity index (χ3v) is 5.89. The summed E-state index contributed by atoms with van der Waals surface area (Å²) in [6.07, 6.45) is 0.934. The lowest BCUT2D eigenvalue weighted by atomic mass is 9.89. The molecule has 3 aromatic rings. The van der Waals surface area contributed by atoms with Crippen molar-refractivity contribution < 1.29 is 18.7 Å². The molecule has 5 nitrogen and oxygen atoms in total. The number of furan rings is 1. The largest absolute Gasteiger partial charge is 0.484 e. The average molecular weight is 375 g/mol. The van der Waals surface area contributed by atoms with Gasteiger partial charge in [-0.05, 0) is 37.6 Å². The number of para-hydroxylation sites is 1. The summed E-state index contributed by atoms with van der Waals surface area (Å²) in [5.74, 6) is 0.924. The number of carbonyl (C=O) groups excluding carboxylic acids is 2. The van der Waals surface area contributed by atoms with E-state index in [1.165, 1.54) is 0 Å². The zero-order valence-corrected chi connectivity index (χ0v) is 16.0. The molecular formula is C23H21NO4. The van der Waals surface area contributed by atoms with Crippen molar-refractivity contribution in [1.29, 1.82) is 0 Å². The van der Waals surface area contributed by atoms with Crippen LogP contribution in [0.5, 0.6) is 5.75 Å². The molecular weight excluding hydrogens is 354 g/mol. The van der Waals surface area contributed by atoms with Gasteiger partial charge in [-0.1, -0.05) is 24.3 Å². The molecule has 2 aliphatic rings. The molecule has 0 unspecified atom stereocenters. The maximum Gasteiger partial charge on any atom is 0.290 e. The van der Waals surface area contributed by atoms with Gasteiger partial charge in [0.25, 0.3) is 5.91 Å². The van der Waals surface area contributed by atoms with Gasteiger partial charge >= 0.3 is 0 Å². The number of aryl methyl sites for hydroxylation is 2. The van der Waals surface area contributed by atoms with Gasteiger partial charge in [-0.25, -0.2) is 0 Å². The predicted molar refractivity (Wildman–Crippen MR) is 105 cm³/mol. The molecule has 1 amide bonds. The van der Waals surface area contributed by atoms with Crippen molar-refractivity contribution in [3.05, 3.63) is 64.9 Å². The number of fused-ring (bicyclic) bond motifs is 2. The third-order valence-electron chi connectivity index (χ3n) is 5.89. The molecule has 5 heteroatoms. The fourth-order valence-corrected chi connectivity index (χ4v) is 4.37. The molecule has 0 bridgehead atoms. The Morgan fingerprint density at radius 2 is 1.96 bits per heavy atom. The van der Waals surface area contributed by atoms with Crippen LogP contribution in [0.25, 0.3) is 11.0 Å². The van der Waals surface area contributed by atoms with Crippen molar-refractivity contribution >= 4 is 22.7 Å². The number of rotatable bonds is 1. The molecule has 2 aliphatic heterocycles. The third kappa shape index (κ3) is 2.53. The summed E-state index contributed by atoms with van der Waals surface area (Å²) < 4.78 is 12.1. The topological polar surface area (TPSA) is 59.8 Å².